The summed E-state index contributed by atoms with van der Waals surface area (Å²) in [6.07, 6.45) is 79.7. The van der Waals surface area contributed by atoms with Gasteiger partial charge in [-0.15, -0.1) is 0 Å². The largest absolute Gasteiger partial charge is 0.462 e. The van der Waals surface area contributed by atoms with Gasteiger partial charge in [-0.2, -0.15) is 0 Å². The van der Waals surface area contributed by atoms with Crippen molar-refractivity contribution in [3.63, 3.8) is 0 Å². The van der Waals surface area contributed by atoms with E-state index in [0.717, 1.165) is 83.5 Å². The summed E-state index contributed by atoms with van der Waals surface area (Å²) >= 11 is 0. The number of allylic oxidation sites excluding steroid dienone is 8. The van der Waals surface area contributed by atoms with Gasteiger partial charge >= 0.3 is 17.9 Å². The predicted octanol–water partition coefficient (Wildman–Crippen LogP) is 22.6. The predicted molar refractivity (Wildman–Crippen MR) is 325 cm³/mol. The van der Waals surface area contributed by atoms with Crippen LogP contribution in [0.4, 0.5) is 0 Å². The lowest BCUT2D eigenvalue weighted by molar-refractivity contribution is -0.167. The Labute approximate surface area is 467 Å². The number of ether oxygens (including phenoxy) is 3. The third-order valence-electron chi connectivity index (χ3n) is 14.8. The van der Waals surface area contributed by atoms with Gasteiger partial charge in [0.25, 0.3) is 0 Å². The molecule has 0 aromatic rings. The van der Waals surface area contributed by atoms with Gasteiger partial charge in [-0.25, -0.2) is 0 Å². The summed E-state index contributed by atoms with van der Waals surface area (Å²) in [5.74, 6) is -0.868. The van der Waals surface area contributed by atoms with Crippen LogP contribution in [0.15, 0.2) is 48.6 Å². The fourth-order valence-corrected chi connectivity index (χ4v) is 9.80. The van der Waals surface area contributed by atoms with Gasteiger partial charge in [0.15, 0.2) is 6.10 Å². The second-order valence-corrected chi connectivity index (χ2v) is 22.4. The molecule has 0 aromatic carbocycles. The summed E-state index contributed by atoms with van der Waals surface area (Å²) < 4.78 is 17.0. The first-order valence-corrected chi connectivity index (χ1v) is 33.1. The molecule has 0 saturated heterocycles. The van der Waals surface area contributed by atoms with Gasteiger partial charge in [-0.1, -0.05) is 301 Å². The van der Waals surface area contributed by atoms with Gasteiger partial charge in [0.2, 0.25) is 0 Å². The van der Waals surface area contributed by atoms with Crippen LogP contribution < -0.4 is 0 Å². The Morgan fingerprint density at radius 2 is 0.480 bits per heavy atom. The molecule has 75 heavy (non-hydrogen) atoms. The summed E-state index contributed by atoms with van der Waals surface area (Å²) in [6, 6.07) is 0. The van der Waals surface area contributed by atoms with E-state index >= 15 is 0 Å². The van der Waals surface area contributed by atoms with E-state index in [0.29, 0.717) is 19.3 Å². The summed E-state index contributed by atoms with van der Waals surface area (Å²) in [4.78, 5) is 38.3. The summed E-state index contributed by atoms with van der Waals surface area (Å²) in [7, 11) is 0. The van der Waals surface area contributed by atoms with Crippen LogP contribution in [0.5, 0.6) is 0 Å². The van der Waals surface area contributed by atoms with E-state index in [1.807, 2.05) is 0 Å². The zero-order valence-corrected chi connectivity index (χ0v) is 50.3. The smallest absolute Gasteiger partial charge is 0.306 e. The van der Waals surface area contributed by atoms with Crippen molar-refractivity contribution in [1.82, 2.24) is 0 Å². The van der Waals surface area contributed by atoms with Gasteiger partial charge < -0.3 is 14.2 Å². The zero-order chi connectivity index (χ0) is 54.3. The standard InChI is InChI=1S/C69H126O6/c1-4-7-10-13-16-19-22-25-28-30-32-34-35-36-38-39-41-44-47-50-53-56-59-62-68(71)74-65-66(64-73-67(70)61-58-55-52-49-46-43-27-24-21-18-15-12-9-6-3)75-69(72)63-60-57-54-51-48-45-42-40-37-33-31-29-26-23-20-17-14-11-8-5-2/h22,24-25,27,30,32,35-36,66H,4-21,23,26,28-29,31,33-34,37-65H2,1-3H3/b25-22-,27-24-,32-30-,36-35-. The summed E-state index contributed by atoms with van der Waals surface area (Å²) in [5, 5.41) is 0. The maximum absolute atomic E-state index is 12.9. The van der Waals surface area contributed by atoms with Crippen molar-refractivity contribution in [2.24, 2.45) is 0 Å². The number of rotatable bonds is 61. The van der Waals surface area contributed by atoms with Crippen molar-refractivity contribution in [2.45, 2.75) is 361 Å². The van der Waals surface area contributed by atoms with Crippen molar-refractivity contribution < 1.29 is 28.6 Å². The van der Waals surface area contributed by atoms with Crippen molar-refractivity contribution in [3.05, 3.63) is 48.6 Å². The van der Waals surface area contributed by atoms with Crippen LogP contribution in [0.25, 0.3) is 0 Å². The Bertz CT molecular complexity index is 1300. The molecular formula is C69H126O6. The number of hydrogen-bond donors (Lipinski definition) is 0. The maximum Gasteiger partial charge on any atom is 0.306 e. The van der Waals surface area contributed by atoms with E-state index in [4.69, 9.17) is 14.2 Å². The molecule has 0 radical (unpaired) electrons. The van der Waals surface area contributed by atoms with Crippen LogP contribution >= 0.6 is 0 Å². The first-order valence-electron chi connectivity index (χ1n) is 33.1. The molecule has 1 unspecified atom stereocenters. The first-order chi connectivity index (χ1) is 37.0. The third kappa shape index (κ3) is 62.1. The molecule has 6 heteroatoms. The van der Waals surface area contributed by atoms with E-state index in [1.54, 1.807) is 0 Å². The maximum atomic E-state index is 12.9. The van der Waals surface area contributed by atoms with Crippen molar-refractivity contribution in [3.8, 4) is 0 Å². The Morgan fingerprint density at radius 1 is 0.267 bits per heavy atom. The number of unbranched alkanes of at least 4 members (excludes halogenated alkanes) is 42. The highest BCUT2D eigenvalue weighted by Crippen LogP contribution is 2.17. The Balaban J connectivity index is 4.32. The van der Waals surface area contributed by atoms with Gasteiger partial charge in [0.05, 0.1) is 0 Å². The van der Waals surface area contributed by atoms with Crippen LogP contribution in [0.1, 0.15) is 355 Å². The van der Waals surface area contributed by atoms with Gasteiger partial charge in [-0.3, -0.25) is 14.4 Å². The second-order valence-electron chi connectivity index (χ2n) is 22.4. The molecule has 6 nitrogen and oxygen atoms in total. The summed E-state index contributed by atoms with van der Waals surface area (Å²) in [6.45, 7) is 6.66. The molecule has 0 heterocycles. The number of carbonyl (C=O) groups is 3. The topological polar surface area (TPSA) is 78.9 Å². The molecule has 0 rings (SSSR count). The first kappa shape index (κ1) is 72.4. The molecule has 0 fully saturated rings. The minimum atomic E-state index is -0.778. The third-order valence-corrected chi connectivity index (χ3v) is 14.8. The molecule has 438 valence electrons. The second kappa shape index (κ2) is 63.9. The molecular weight excluding hydrogens is 925 g/mol. The fraction of sp³-hybridized carbons (Fsp3) is 0.841. The molecule has 0 N–H and O–H groups in total. The van der Waals surface area contributed by atoms with Crippen LogP contribution in [-0.4, -0.2) is 37.2 Å². The molecule has 0 aromatic heterocycles. The molecule has 1 atom stereocenters. The lowest BCUT2D eigenvalue weighted by atomic mass is 10.0. The molecule has 0 amide bonds. The average Bonchev–Trinajstić information content (AvgIpc) is 3.41. The van der Waals surface area contributed by atoms with Crippen molar-refractivity contribution in [2.75, 3.05) is 13.2 Å². The van der Waals surface area contributed by atoms with E-state index in [1.165, 1.54) is 231 Å². The zero-order valence-electron chi connectivity index (χ0n) is 50.3. The fourth-order valence-electron chi connectivity index (χ4n) is 9.80. The molecule has 0 aliphatic carbocycles. The highest BCUT2D eigenvalue weighted by molar-refractivity contribution is 5.71. The summed E-state index contributed by atoms with van der Waals surface area (Å²) in [5.41, 5.74) is 0. The van der Waals surface area contributed by atoms with Crippen LogP contribution in [-0.2, 0) is 28.6 Å². The van der Waals surface area contributed by atoms with Gasteiger partial charge in [0.1, 0.15) is 13.2 Å². The normalized spacial score (nSPS) is 12.3. The molecule has 0 bridgehead atoms. The van der Waals surface area contributed by atoms with E-state index < -0.39 is 6.10 Å². The van der Waals surface area contributed by atoms with Crippen molar-refractivity contribution in [1.29, 1.82) is 0 Å². The van der Waals surface area contributed by atoms with Gasteiger partial charge in [0, 0.05) is 19.3 Å². The number of hydrogen-bond acceptors (Lipinski definition) is 6. The molecule has 0 spiro atoms. The minimum absolute atomic E-state index is 0.0761. The lowest BCUT2D eigenvalue weighted by Gasteiger charge is -2.18. The minimum Gasteiger partial charge on any atom is -0.462 e. The average molecular weight is 1050 g/mol. The quantitative estimate of drug-likeness (QED) is 0.0261. The Morgan fingerprint density at radius 3 is 0.760 bits per heavy atom. The number of carbonyl (C=O) groups excluding carboxylic acids is 3. The Hall–Kier alpha value is -2.63. The SMILES string of the molecule is CCCCCCC/C=C\C/C=C\C/C=C\CCCCCCCCCCC(=O)OCC(COC(=O)CCCCCCC/C=C\CCCCCCC)OC(=O)CCCCCCCCCCCCCCCCCCCCCC. The van der Waals surface area contributed by atoms with E-state index in [-0.39, 0.29) is 31.1 Å². The van der Waals surface area contributed by atoms with Crippen LogP contribution in [0.2, 0.25) is 0 Å². The molecule has 0 aliphatic heterocycles. The van der Waals surface area contributed by atoms with Gasteiger partial charge in [-0.05, 0) is 83.5 Å². The van der Waals surface area contributed by atoms with E-state index in [9.17, 15) is 14.4 Å². The van der Waals surface area contributed by atoms with Crippen molar-refractivity contribution >= 4 is 17.9 Å². The van der Waals surface area contributed by atoms with E-state index in [2.05, 4.69) is 69.4 Å². The molecule has 0 aliphatic rings. The Kier molecular flexibility index (Phi) is 61.7. The van der Waals surface area contributed by atoms with Crippen LogP contribution in [0.3, 0.4) is 0 Å². The lowest BCUT2D eigenvalue weighted by Crippen LogP contribution is -2.30. The highest BCUT2D eigenvalue weighted by Gasteiger charge is 2.19. The van der Waals surface area contributed by atoms with Crippen LogP contribution in [0, 0.1) is 0 Å². The number of esters is 3. The highest BCUT2D eigenvalue weighted by atomic mass is 16.6. The monoisotopic (exact) mass is 1050 g/mol. The molecule has 0 saturated carbocycles.